The van der Waals surface area contributed by atoms with E-state index in [-0.39, 0.29) is 5.75 Å². The van der Waals surface area contributed by atoms with Gasteiger partial charge in [0, 0.05) is 35.7 Å². The molecule has 24 heavy (non-hydrogen) atoms. The molecule has 0 spiro atoms. The van der Waals surface area contributed by atoms with E-state index in [4.69, 9.17) is 4.42 Å². The average molecular weight is 318 g/mol. The maximum Gasteiger partial charge on any atom is 0.197 e. The van der Waals surface area contributed by atoms with Gasteiger partial charge in [0.1, 0.15) is 5.75 Å². The van der Waals surface area contributed by atoms with Gasteiger partial charge in [-0.25, -0.2) is 9.97 Å². The van der Waals surface area contributed by atoms with Crippen LogP contribution < -0.4 is 5.32 Å². The molecular formula is C18H14N4O2. The molecule has 3 aromatic heterocycles. The lowest BCUT2D eigenvalue weighted by molar-refractivity contribution is 0.471. The van der Waals surface area contributed by atoms with Gasteiger partial charge in [0.2, 0.25) is 0 Å². The second-order valence-electron chi connectivity index (χ2n) is 5.38. The maximum absolute atomic E-state index is 9.93. The first-order valence-electron chi connectivity index (χ1n) is 7.43. The predicted molar refractivity (Wildman–Crippen MR) is 91.2 cm³/mol. The van der Waals surface area contributed by atoms with Gasteiger partial charge in [0.15, 0.2) is 17.2 Å². The number of aryl methyl sites for hydroxylation is 1. The van der Waals surface area contributed by atoms with Crippen LogP contribution in [0, 0.1) is 6.92 Å². The molecule has 2 N–H and O–H groups in total. The van der Waals surface area contributed by atoms with Crippen LogP contribution in [0.4, 0.5) is 11.4 Å². The van der Waals surface area contributed by atoms with Crippen molar-refractivity contribution in [2.75, 3.05) is 5.32 Å². The average Bonchev–Trinajstić information content (AvgIpc) is 2.98. The molecule has 0 radical (unpaired) electrons. The molecule has 0 saturated heterocycles. The van der Waals surface area contributed by atoms with Gasteiger partial charge < -0.3 is 14.8 Å². The largest absolute Gasteiger partial charge is 0.508 e. The number of furan rings is 1. The van der Waals surface area contributed by atoms with Crippen molar-refractivity contribution in [2.45, 2.75) is 6.92 Å². The molecule has 0 aliphatic carbocycles. The number of nitrogens with one attached hydrogen (secondary N) is 1. The fourth-order valence-electron chi connectivity index (χ4n) is 2.48. The fourth-order valence-corrected chi connectivity index (χ4v) is 2.48. The molecule has 1 aromatic carbocycles. The summed E-state index contributed by atoms with van der Waals surface area (Å²) in [5, 5.41) is 14.1. The monoisotopic (exact) mass is 318 g/mol. The first-order chi connectivity index (χ1) is 11.7. The highest BCUT2D eigenvalue weighted by molar-refractivity contribution is 5.99. The number of aromatic hydroxyl groups is 1. The van der Waals surface area contributed by atoms with E-state index in [0.717, 1.165) is 22.3 Å². The summed E-state index contributed by atoms with van der Waals surface area (Å²) in [4.78, 5) is 12.6. The molecule has 0 saturated carbocycles. The summed E-state index contributed by atoms with van der Waals surface area (Å²) in [5.41, 5.74) is 2.93. The van der Waals surface area contributed by atoms with Crippen LogP contribution in [-0.2, 0) is 0 Å². The third-order valence-corrected chi connectivity index (χ3v) is 3.74. The van der Waals surface area contributed by atoms with Crippen molar-refractivity contribution < 1.29 is 9.52 Å². The van der Waals surface area contributed by atoms with Gasteiger partial charge in [0.05, 0.1) is 11.9 Å². The molecule has 0 amide bonds. The number of hydrogen-bond acceptors (Lipinski definition) is 6. The normalized spacial score (nSPS) is 10.9. The Hall–Kier alpha value is -3.41. The number of benzene rings is 1. The van der Waals surface area contributed by atoms with E-state index in [1.54, 1.807) is 36.9 Å². The summed E-state index contributed by atoms with van der Waals surface area (Å²) in [6, 6.07) is 9.02. The predicted octanol–water partition coefficient (Wildman–Crippen LogP) is 4.04. The Kier molecular flexibility index (Phi) is 3.35. The van der Waals surface area contributed by atoms with E-state index in [1.165, 1.54) is 0 Å². The summed E-state index contributed by atoms with van der Waals surface area (Å²) < 4.78 is 5.90. The number of fused-ring (bicyclic) bond motifs is 1. The van der Waals surface area contributed by atoms with Gasteiger partial charge >= 0.3 is 0 Å². The lowest BCUT2D eigenvalue weighted by atomic mass is 10.2. The van der Waals surface area contributed by atoms with Gasteiger partial charge in [-0.3, -0.25) is 4.98 Å². The van der Waals surface area contributed by atoms with Gasteiger partial charge in [-0.15, -0.1) is 0 Å². The fraction of sp³-hybridized carbons (Fsp3) is 0.0556. The molecule has 6 heteroatoms. The second kappa shape index (κ2) is 5.66. The molecule has 3 heterocycles. The van der Waals surface area contributed by atoms with E-state index in [1.807, 2.05) is 25.1 Å². The Balaban J connectivity index is 1.87. The van der Waals surface area contributed by atoms with Crippen LogP contribution in [0.25, 0.3) is 22.6 Å². The summed E-state index contributed by atoms with van der Waals surface area (Å²) in [7, 11) is 0. The second-order valence-corrected chi connectivity index (χ2v) is 5.38. The molecule has 118 valence electrons. The van der Waals surface area contributed by atoms with Crippen LogP contribution in [0.15, 0.2) is 59.5 Å². The number of phenols is 1. The van der Waals surface area contributed by atoms with Crippen molar-refractivity contribution in [2.24, 2.45) is 0 Å². The standard InChI is InChI=1S/C18H14N4O2/c1-11-3-4-12(9-14(11)23)22-16-13-5-8-19-10-15(13)24-17(16)18-20-6-2-7-21-18/h2-10,22-23H,1H3. The molecule has 0 atom stereocenters. The van der Waals surface area contributed by atoms with Crippen LogP contribution in [0.2, 0.25) is 0 Å². The molecule has 0 aliphatic rings. The van der Waals surface area contributed by atoms with Gasteiger partial charge in [-0.05, 0) is 30.7 Å². The van der Waals surface area contributed by atoms with Crippen molar-refractivity contribution in [3.8, 4) is 17.3 Å². The first kappa shape index (κ1) is 14.2. The number of anilines is 2. The number of rotatable bonds is 3. The third kappa shape index (κ3) is 2.44. The summed E-state index contributed by atoms with van der Waals surface area (Å²) in [5.74, 6) is 1.23. The van der Waals surface area contributed by atoms with Gasteiger partial charge in [0.25, 0.3) is 0 Å². The molecule has 0 bridgehead atoms. The number of aromatic nitrogens is 3. The van der Waals surface area contributed by atoms with Crippen LogP contribution >= 0.6 is 0 Å². The Bertz CT molecular complexity index is 1010. The van der Waals surface area contributed by atoms with Crippen molar-refractivity contribution in [3.63, 3.8) is 0 Å². The Morgan fingerprint density at radius 1 is 1.08 bits per heavy atom. The van der Waals surface area contributed by atoms with Crippen molar-refractivity contribution in [1.29, 1.82) is 0 Å². The molecular weight excluding hydrogens is 304 g/mol. The van der Waals surface area contributed by atoms with Crippen molar-refractivity contribution >= 4 is 22.3 Å². The third-order valence-electron chi connectivity index (χ3n) is 3.74. The maximum atomic E-state index is 9.93. The number of hydrogen-bond donors (Lipinski definition) is 2. The lowest BCUT2D eigenvalue weighted by Gasteiger charge is -2.08. The quantitative estimate of drug-likeness (QED) is 0.593. The van der Waals surface area contributed by atoms with Crippen LogP contribution in [0.1, 0.15) is 5.56 Å². The first-order valence-corrected chi connectivity index (χ1v) is 7.43. The molecule has 0 fully saturated rings. The lowest BCUT2D eigenvalue weighted by Crippen LogP contribution is -1.94. The number of nitrogens with zero attached hydrogens (tertiary/aromatic N) is 3. The minimum absolute atomic E-state index is 0.229. The van der Waals surface area contributed by atoms with Gasteiger partial charge in [-0.1, -0.05) is 6.07 Å². The smallest absolute Gasteiger partial charge is 0.197 e. The van der Waals surface area contributed by atoms with E-state index in [9.17, 15) is 5.11 Å². The topological polar surface area (TPSA) is 84.1 Å². The van der Waals surface area contributed by atoms with Gasteiger partial charge in [-0.2, -0.15) is 0 Å². The molecule has 4 aromatic rings. The van der Waals surface area contributed by atoms with E-state index in [2.05, 4.69) is 20.3 Å². The number of pyridine rings is 1. The highest BCUT2D eigenvalue weighted by Gasteiger charge is 2.18. The highest BCUT2D eigenvalue weighted by atomic mass is 16.3. The van der Waals surface area contributed by atoms with Crippen LogP contribution in [0.3, 0.4) is 0 Å². The zero-order valence-electron chi connectivity index (χ0n) is 12.9. The summed E-state index contributed by atoms with van der Waals surface area (Å²) >= 11 is 0. The number of phenolic OH excluding ortho intramolecular Hbond substituents is 1. The summed E-state index contributed by atoms with van der Waals surface area (Å²) in [6.45, 7) is 1.85. The Labute approximate surface area is 137 Å². The molecule has 4 rings (SSSR count). The van der Waals surface area contributed by atoms with E-state index < -0.39 is 0 Å². The zero-order chi connectivity index (χ0) is 16.5. The Morgan fingerprint density at radius 2 is 1.92 bits per heavy atom. The SMILES string of the molecule is Cc1ccc(Nc2c(-c3ncccn3)oc3cnccc23)cc1O. The Morgan fingerprint density at radius 3 is 2.71 bits per heavy atom. The van der Waals surface area contributed by atoms with Crippen LogP contribution in [0.5, 0.6) is 5.75 Å². The summed E-state index contributed by atoms with van der Waals surface area (Å²) in [6.07, 6.45) is 6.68. The van der Waals surface area contributed by atoms with E-state index in [0.29, 0.717) is 17.2 Å². The molecule has 0 aliphatic heterocycles. The van der Waals surface area contributed by atoms with Crippen molar-refractivity contribution in [1.82, 2.24) is 15.0 Å². The van der Waals surface area contributed by atoms with Crippen LogP contribution in [-0.4, -0.2) is 20.1 Å². The van der Waals surface area contributed by atoms with E-state index >= 15 is 0 Å². The minimum atomic E-state index is 0.229. The van der Waals surface area contributed by atoms with Crippen molar-refractivity contribution in [3.05, 3.63) is 60.7 Å². The zero-order valence-corrected chi connectivity index (χ0v) is 12.9. The molecule has 0 unspecified atom stereocenters. The highest BCUT2D eigenvalue weighted by Crippen LogP contribution is 2.38. The minimum Gasteiger partial charge on any atom is -0.508 e. The molecule has 6 nitrogen and oxygen atoms in total.